The predicted octanol–water partition coefficient (Wildman–Crippen LogP) is 6.21. The lowest BCUT2D eigenvalue weighted by molar-refractivity contribution is -0.150. The molecule has 1 aliphatic heterocycles. The maximum atomic E-state index is 15.0. The molecular formula is C58H66IN5O11. The summed E-state index contributed by atoms with van der Waals surface area (Å²) in [5.41, 5.74) is 3.07. The van der Waals surface area contributed by atoms with E-state index in [-0.39, 0.29) is 83.2 Å². The second-order valence-electron chi connectivity index (χ2n) is 17.8. The van der Waals surface area contributed by atoms with Crippen LogP contribution in [-0.4, -0.2) is 119 Å². The summed E-state index contributed by atoms with van der Waals surface area (Å²) in [7, 11) is 4.69. The van der Waals surface area contributed by atoms with E-state index in [0.29, 0.717) is 17.9 Å². The molecule has 16 nitrogen and oxygen atoms in total. The summed E-state index contributed by atoms with van der Waals surface area (Å²) >= 11 is 2.17. The van der Waals surface area contributed by atoms with Crippen molar-refractivity contribution in [3.05, 3.63) is 178 Å². The van der Waals surface area contributed by atoms with Crippen LogP contribution in [0.4, 0.5) is 0 Å². The number of esters is 1. The van der Waals surface area contributed by atoms with E-state index >= 15 is 4.79 Å². The standard InChI is InChI=1S/C58H66IN5O11/c1-5-6-20-53(66)62-49(36-40-14-9-7-10-15-40)55(68)63-50(37-41-16-13-19-45(59)35-41)57(70)64-39-48(75-54(67)30-29-52(65)60-2)38-51(64)56(69)61-31-32-73-33-34-74-58(42-17-11-8-12-18-42,43-21-25-46(71-3)26-22-43)44-23-27-47(72-4)28-24-44/h5,7-19,21-28,35,48-51H,1,6,20,29-34,36-39H2,2-4H3,(H,60,65)(H,61,69)(H,62,66)(H,63,68)/t48-,49+,50+,51+/m1/s1. The smallest absolute Gasteiger partial charge is 0.306 e. The van der Waals surface area contributed by atoms with E-state index in [2.05, 4.69) is 50.4 Å². The molecule has 0 aliphatic carbocycles. The second-order valence-corrected chi connectivity index (χ2v) is 19.1. The Hall–Kier alpha value is -7.09. The summed E-state index contributed by atoms with van der Waals surface area (Å²) in [6.07, 6.45) is 1.07. The van der Waals surface area contributed by atoms with Crippen molar-refractivity contribution in [2.45, 2.75) is 74.8 Å². The van der Waals surface area contributed by atoms with E-state index in [1.165, 1.54) is 11.9 Å². The lowest BCUT2D eigenvalue weighted by Gasteiger charge is -2.36. The number of ether oxygens (including phenoxy) is 5. The first kappa shape index (κ1) is 57.2. The number of hydrogen-bond donors (Lipinski definition) is 4. The van der Waals surface area contributed by atoms with Crippen LogP contribution < -0.4 is 30.7 Å². The van der Waals surface area contributed by atoms with Crippen LogP contribution in [-0.2, 0) is 61.4 Å². The van der Waals surface area contributed by atoms with Crippen molar-refractivity contribution in [1.82, 2.24) is 26.2 Å². The molecule has 0 spiro atoms. The number of rotatable bonds is 28. The number of carbonyl (C=O) groups is 6. The molecule has 0 saturated carbocycles. The topological polar surface area (TPSA) is 200 Å². The van der Waals surface area contributed by atoms with Crippen LogP contribution in [0.15, 0.2) is 146 Å². The Labute approximate surface area is 452 Å². The number of methoxy groups -OCH3 is 2. The van der Waals surface area contributed by atoms with Crippen molar-refractivity contribution in [1.29, 1.82) is 0 Å². The largest absolute Gasteiger partial charge is 0.497 e. The Balaban J connectivity index is 1.18. The highest BCUT2D eigenvalue weighted by Gasteiger charge is 2.44. The first-order valence-corrected chi connectivity index (χ1v) is 26.0. The third-order valence-electron chi connectivity index (χ3n) is 12.7. The molecule has 0 unspecified atom stereocenters. The molecule has 396 valence electrons. The highest BCUT2D eigenvalue weighted by atomic mass is 127. The highest BCUT2D eigenvalue weighted by molar-refractivity contribution is 14.1. The number of amides is 5. The second kappa shape index (κ2) is 29.1. The van der Waals surface area contributed by atoms with E-state index in [1.54, 1.807) is 20.3 Å². The van der Waals surface area contributed by atoms with Crippen molar-refractivity contribution < 1.29 is 52.5 Å². The number of benzene rings is 5. The molecule has 0 radical (unpaired) electrons. The number of allylic oxidation sites excluding steroid dienone is 1. The van der Waals surface area contributed by atoms with Crippen LogP contribution >= 0.6 is 22.6 Å². The number of halogens is 1. The molecule has 5 aromatic carbocycles. The van der Waals surface area contributed by atoms with Crippen LogP contribution in [0.1, 0.15) is 59.9 Å². The molecule has 1 saturated heterocycles. The molecule has 75 heavy (non-hydrogen) atoms. The van der Waals surface area contributed by atoms with Gasteiger partial charge in [-0.1, -0.05) is 103 Å². The Morgan fingerprint density at radius 1 is 0.707 bits per heavy atom. The van der Waals surface area contributed by atoms with Gasteiger partial charge in [0.2, 0.25) is 29.5 Å². The number of likely N-dealkylation sites (tertiary alicyclic amines) is 1. The van der Waals surface area contributed by atoms with E-state index in [0.717, 1.165) is 31.4 Å². The van der Waals surface area contributed by atoms with Gasteiger partial charge in [0.1, 0.15) is 41.3 Å². The average Bonchev–Trinajstić information content (AvgIpc) is 3.86. The third-order valence-corrected chi connectivity index (χ3v) is 13.4. The summed E-state index contributed by atoms with van der Waals surface area (Å²) in [4.78, 5) is 83.0. The molecule has 0 bridgehead atoms. The van der Waals surface area contributed by atoms with E-state index in [1.807, 2.05) is 133 Å². The van der Waals surface area contributed by atoms with Crippen molar-refractivity contribution in [3.63, 3.8) is 0 Å². The Bertz CT molecular complexity index is 2630. The van der Waals surface area contributed by atoms with Gasteiger partial charge in [-0.3, -0.25) is 28.8 Å². The van der Waals surface area contributed by atoms with Crippen LogP contribution in [0.3, 0.4) is 0 Å². The van der Waals surface area contributed by atoms with E-state index in [4.69, 9.17) is 23.7 Å². The van der Waals surface area contributed by atoms with Gasteiger partial charge >= 0.3 is 5.97 Å². The van der Waals surface area contributed by atoms with Crippen LogP contribution in [0.2, 0.25) is 0 Å². The molecule has 5 amide bonds. The molecule has 1 fully saturated rings. The monoisotopic (exact) mass is 1140 g/mol. The van der Waals surface area contributed by atoms with Crippen molar-refractivity contribution in [3.8, 4) is 11.5 Å². The molecule has 4 N–H and O–H groups in total. The molecule has 4 atom stereocenters. The van der Waals surface area contributed by atoms with Crippen molar-refractivity contribution in [2.75, 3.05) is 54.2 Å². The minimum absolute atomic E-state index is 0.0453. The van der Waals surface area contributed by atoms with Crippen LogP contribution in [0.25, 0.3) is 0 Å². The fourth-order valence-electron chi connectivity index (χ4n) is 8.89. The molecule has 17 heteroatoms. The molecule has 0 aromatic heterocycles. The highest BCUT2D eigenvalue weighted by Crippen LogP contribution is 2.41. The number of nitrogens with zero attached hydrogens (tertiary/aromatic N) is 1. The molecular weight excluding hydrogens is 1070 g/mol. The molecule has 6 rings (SSSR count). The van der Waals surface area contributed by atoms with E-state index in [9.17, 15) is 24.0 Å². The zero-order valence-corrected chi connectivity index (χ0v) is 44.8. The van der Waals surface area contributed by atoms with Gasteiger partial charge in [0.25, 0.3) is 0 Å². The van der Waals surface area contributed by atoms with Gasteiger partial charge in [-0.05, 0) is 93.2 Å². The van der Waals surface area contributed by atoms with Gasteiger partial charge in [-0.15, -0.1) is 6.58 Å². The fourth-order valence-corrected chi connectivity index (χ4v) is 9.49. The Morgan fingerprint density at radius 3 is 1.93 bits per heavy atom. The minimum Gasteiger partial charge on any atom is -0.497 e. The van der Waals surface area contributed by atoms with Gasteiger partial charge in [-0.2, -0.15) is 0 Å². The summed E-state index contributed by atoms with van der Waals surface area (Å²) in [5.74, 6) is -1.69. The van der Waals surface area contributed by atoms with Crippen molar-refractivity contribution >= 4 is 58.1 Å². The van der Waals surface area contributed by atoms with Gasteiger partial charge < -0.3 is 49.9 Å². The summed E-state index contributed by atoms with van der Waals surface area (Å²) in [5, 5.41) is 11.1. The zero-order valence-electron chi connectivity index (χ0n) is 42.6. The van der Waals surface area contributed by atoms with Crippen LogP contribution in [0.5, 0.6) is 11.5 Å². The number of nitrogens with one attached hydrogen (secondary N) is 4. The minimum atomic E-state index is -1.21. The number of hydrogen-bond acceptors (Lipinski definition) is 11. The summed E-state index contributed by atoms with van der Waals surface area (Å²) < 4.78 is 30.6. The quantitative estimate of drug-likeness (QED) is 0.0146. The van der Waals surface area contributed by atoms with Gasteiger partial charge in [0.05, 0.1) is 47.0 Å². The molecule has 1 aliphatic rings. The first-order chi connectivity index (χ1) is 36.4. The van der Waals surface area contributed by atoms with Crippen LogP contribution in [0, 0.1) is 3.57 Å². The normalized spacial score (nSPS) is 14.9. The van der Waals surface area contributed by atoms with Gasteiger partial charge in [0.15, 0.2) is 0 Å². The van der Waals surface area contributed by atoms with Crippen molar-refractivity contribution in [2.24, 2.45) is 0 Å². The summed E-state index contributed by atoms with van der Waals surface area (Å²) in [6, 6.07) is 38.6. The molecule has 1 heterocycles. The fraction of sp³-hybridized carbons (Fsp3) is 0.345. The van der Waals surface area contributed by atoms with E-state index < -0.39 is 53.5 Å². The predicted molar refractivity (Wildman–Crippen MR) is 292 cm³/mol. The maximum Gasteiger partial charge on any atom is 0.306 e. The SMILES string of the molecule is C=CCCC(=O)N[C@@H](Cc1ccccc1)C(=O)N[C@@H](Cc1cccc(I)c1)C(=O)N1C[C@H](OC(=O)CCC(=O)NC)C[C@H]1C(=O)NCCOCCOC(c1ccccc1)(c1ccc(OC)cc1)c1ccc(OC)cc1. The zero-order chi connectivity index (χ0) is 53.6. The van der Waals surface area contributed by atoms with Gasteiger partial charge in [0, 0.05) is 49.3 Å². The Kier molecular flexibility index (Phi) is 22.2. The third kappa shape index (κ3) is 16.5. The lowest BCUT2D eigenvalue weighted by Crippen LogP contribution is -2.57. The first-order valence-electron chi connectivity index (χ1n) is 24.9. The average molecular weight is 1140 g/mol. The molecule has 5 aromatic rings. The maximum absolute atomic E-state index is 15.0. The summed E-state index contributed by atoms with van der Waals surface area (Å²) in [6.45, 7) is 3.99. The van der Waals surface area contributed by atoms with Gasteiger partial charge in [-0.25, -0.2) is 0 Å². The lowest BCUT2D eigenvalue weighted by atomic mass is 9.80. The number of carbonyl (C=O) groups excluding carboxylic acids is 6. The Morgan fingerprint density at radius 2 is 1.32 bits per heavy atom.